The fourth-order valence-electron chi connectivity index (χ4n) is 1.82. The second-order valence-electron chi connectivity index (χ2n) is 4.32. The van der Waals surface area contributed by atoms with Gasteiger partial charge in [-0.2, -0.15) is 0 Å². The van der Waals surface area contributed by atoms with Gasteiger partial charge in [0.15, 0.2) is 0 Å². The van der Waals surface area contributed by atoms with E-state index in [0.29, 0.717) is 6.61 Å². The van der Waals surface area contributed by atoms with Crippen LogP contribution in [0.3, 0.4) is 0 Å². The number of carbonyl (C=O) groups is 1. The highest BCUT2D eigenvalue weighted by atomic mass is 35.5. The van der Waals surface area contributed by atoms with E-state index in [-0.39, 0.29) is 11.9 Å². The normalized spacial score (nSPS) is 26.9. The molecule has 1 aliphatic rings. The topological polar surface area (TPSA) is 41.6 Å². The Morgan fingerprint density at radius 1 is 1.80 bits per heavy atom. The standard InChI is InChI=1S/C11H18ClNO2/c1-5-8(13-9(14)6-2)11(7-15-11)10(3,4)12/h6,8H,2,5,7H2,1,3-4H3,(H,13,14). The van der Waals surface area contributed by atoms with Crippen molar-refractivity contribution in [1.29, 1.82) is 0 Å². The van der Waals surface area contributed by atoms with E-state index in [9.17, 15) is 4.79 Å². The largest absolute Gasteiger partial charge is 0.365 e. The minimum Gasteiger partial charge on any atom is -0.365 e. The summed E-state index contributed by atoms with van der Waals surface area (Å²) in [6.45, 7) is 9.84. The van der Waals surface area contributed by atoms with Crippen LogP contribution in [0.4, 0.5) is 0 Å². The van der Waals surface area contributed by atoms with Crippen LogP contribution in [0.25, 0.3) is 0 Å². The van der Waals surface area contributed by atoms with E-state index in [4.69, 9.17) is 16.3 Å². The summed E-state index contributed by atoms with van der Waals surface area (Å²) in [5, 5.41) is 2.86. The predicted octanol–water partition coefficient (Wildman–Crippen LogP) is 1.85. The van der Waals surface area contributed by atoms with E-state index in [0.717, 1.165) is 6.42 Å². The summed E-state index contributed by atoms with van der Waals surface area (Å²) in [6.07, 6.45) is 2.05. The molecule has 0 aromatic rings. The molecule has 3 nitrogen and oxygen atoms in total. The van der Waals surface area contributed by atoms with Crippen molar-refractivity contribution in [2.75, 3.05) is 6.61 Å². The minimum atomic E-state index is -0.484. The molecule has 0 aromatic carbocycles. The molecule has 86 valence electrons. The van der Waals surface area contributed by atoms with Crippen molar-refractivity contribution in [3.8, 4) is 0 Å². The smallest absolute Gasteiger partial charge is 0.243 e. The Hall–Kier alpha value is -0.540. The summed E-state index contributed by atoms with van der Waals surface area (Å²) < 4.78 is 5.48. The minimum absolute atomic E-state index is 0.0597. The van der Waals surface area contributed by atoms with E-state index in [1.165, 1.54) is 6.08 Å². The predicted molar refractivity (Wildman–Crippen MR) is 61.0 cm³/mol. The van der Waals surface area contributed by atoms with Gasteiger partial charge >= 0.3 is 0 Å². The Labute approximate surface area is 95.8 Å². The summed E-state index contributed by atoms with van der Waals surface area (Å²) in [7, 11) is 0. The van der Waals surface area contributed by atoms with Gasteiger partial charge in [-0.15, -0.1) is 11.6 Å². The van der Waals surface area contributed by atoms with Gasteiger partial charge in [0.05, 0.1) is 17.5 Å². The number of amides is 1. The van der Waals surface area contributed by atoms with Crippen molar-refractivity contribution >= 4 is 17.5 Å². The molecule has 2 unspecified atom stereocenters. The summed E-state index contributed by atoms with van der Waals surface area (Å²) in [5.41, 5.74) is -0.429. The molecule has 0 aliphatic carbocycles. The molecule has 0 radical (unpaired) electrons. The van der Waals surface area contributed by atoms with Crippen LogP contribution in [-0.4, -0.2) is 29.0 Å². The highest BCUT2D eigenvalue weighted by molar-refractivity contribution is 6.24. The molecular formula is C11H18ClNO2. The molecule has 0 aromatic heterocycles. The van der Waals surface area contributed by atoms with Crippen molar-refractivity contribution in [2.45, 2.75) is 43.7 Å². The zero-order chi connectivity index (χ0) is 11.7. The molecule has 1 rings (SSSR count). The first-order valence-corrected chi connectivity index (χ1v) is 5.51. The number of epoxide rings is 1. The van der Waals surface area contributed by atoms with Crippen LogP contribution in [0.1, 0.15) is 27.2 Å². The fourth-order valence-corrected chi connectivity index (χ4v) is 2.06. The molecule has 1 amide bonds. The van der Waals surface area contributed by atoms with Crippen LogP contribution in [0.5, 0.6) is 0 Å². The maximum Gasteiger partial charge on any atom is 0.243 e. The van der Waals surface area contributed by atoms with E-state index >= 15 is 0 Å². The zero-order valence-electron chi connectivity index (χ0n) is 9.47. The first-order chi connectivity index (χ1) is 6.87. The molecule has 0 bridgehead atoms. The average Bonchev–Trinajstić information content (AvgIpc) is 2.93. The molecule has 1 aliphatic heterocycles. The van der Waals surface area contributed by atoms with Crippen LogP contribution < -0.4 is 5.32 Å². The van der Waals surface area contributed by atoms with Crippen molar-refractivity contribution in [2.24, 2.45) is 0 Å². The Morgan fingerprint density at radius 2 is 2.33 bits per heavy atom. The molecule has 0 spiro atoms. The van der Waals surface area contributed by atoms with Gasteiger partial charge in [-0.05, 0) is 26.3 Å². The Kier molecular flexibility index (Phi) is 3.46. The lowest BCUT2D eigenvalue weighted by Gasteiger charge is -2.32. The van der Waals surface area contributed by atoms with Gasteiger partial charge in [-0.25, -0.2) is 0 Å². The second kappa shape index (κ2) is 4.14. The second-order valence-corrected chi connectivity index (χ2v) is 5.27. The number of carbonyl (C=O) groups excluding carboxylic acids is 1. The van der Waals surface area contributed by atoms with E-state index in [1.54, 1.807) is 0 Å². The Balaban J connectivity index is 2.75. The van der Waals surface area contributed by atoms with Gasteiger partial charge in [0.1, 0.15) is 5.60 Å². The number of hydrogen-bond acceptors (Lipinski definition) is 2. The van der Waals surface area contributed by atoms with Gasteiger partial charge in [0, 0.05) is 0 Å². The van der Waals surface area contributed by atoms with Crippen LogP contribution in [0.2, 0.25) is 0 Å². The third-order valence-corrected chi connectivity index (χ3v) is 3.25. The number of halogens is 1. The lowest BCUT2D eigenvalue weighted by molar-refractivity contribution is -0.117. The fraction of sp³-hybridized carbons (Fsp3) is 0.727. The van der Waals surface area contributed by atoms with Crippen LogP contribution in [0, 0.1) is 0 Å². The molecule has 0 saturated carbocycles. The van der Waals surface area contributed by atoms with E-state index in [1.807, 2.05) is 20.8 Å². The van der Waals surface area contributed by atoms with Crippen molar-refractivity contribution in [3.05, 3.63) is 12.7 Å². The number of hydrogen-bond donors (Lipinski definition) is 1. The van der Waals surface area contributed by atoms with E-state index < -0.39 is 10.5 Å². The quantitative estimate of drug-likeness (QED) is 0.446. The Bertz CT molecular complexity index is 266. The number of alkyl halides is 1. The van der Waals surface area contributed by atoms with E-state index in [2.05, 4.69) is 11.9 Å². The lowest BCUT2D eigenvalue weighted by atomic mass is 9.86. The summed E-state index contributed by atoms with van der Waals surface area (Å²) in [5.74, 6) is -0.183. The van der Waals surface area contributed by atoms with Gasteiger partial charge in [0.2, 0.25) is 5.91 Å². The van der Waals surface area contributed by atoms with Crippen molar-refractivity contribution < 1.29 is 9.53 Å². The van der Waals surface area contributed by atoms with Gasteiger partial charge in [0.25, 0.3) is 0 Å². The molecule has 2 atom stereocenters. The number of ether oxygens (including phenoxy) is 1. The third-order valence-electron chi connectivity index (χ3n) is 2.93. The molecule has 4 heteroatoms. The summed E-state index contributed by atoms with van der Waals surface area (Å²) in [4.78, 5) is 10.8. The summed E-state index contributed by atoms with van der Waals surface area (Å²) >= 11 is 6.29. The van der Waals surface area contributed by atoms with Crippen molar-refractivity contribution in [1.82, 2.24) is 5.32 Å². The van der Waals surface area contributed by atoms with Crippen LogP contribution >= 0.6 is 11.6 Å². The average molecular weight is 232 g/mol. The monoisotopic (exact) mass is 231 g/mol. The Morgan fingerprint density at radius 3 is 2.60 bits per heavy atom. The number of rotatable bonds is 5. The van der Waals surface area contributed by atoms with Crippen molar-refractivity contribution in [3.63, 3.8) is 0 Å². The first-order valence-electron chi connectivity index (χ1n) is 5.13. The van der Waals surface area contributed by atoms with Gasteiger partial charge in [-0.3, -0.25) is 4.79 Å². The SMILES string of the molecule is C=CC(=O)NC(CC)C1(C(C)(C)Cl)CO1. The maximum atomic E-state index is 11.3. The zero-order valence-corrected chi connectivity index (χ0v) is 10.2. The van der Waals surface area contributed by atoms with Crippen LogP contribution in [-0.2, 0) is 9.53 Å². The first kappa shape index (κ1) is 12.5. The van der Waals surface area contributed by atoms with Gasteiger partial charge in [-0.1, -0.05) is 13.5 Å². The lowest BCUT2D eigenvalue weighted by Crippen LogP contribution is -2.53. The molecule has 1 fully saturated rings. The molecule has 1 N–H and O–H groups in total. The molecule has 15 heavy (non-hydrogen) atoms. The molecule has 1 saturated heterocycles. The summed E-state index contributed by atoms with van der Waals surface area (Å²) in [6, 6.07) is -0.0597. The highest BCUT2D eigenvalue weighted by Crippen LogP contribution is 2.46. The van der Waals surface area contributed by atoms with Gasteiger partial charge < -0.3 is 10.1 Å². The third kappa shape index (κ3) is 2.34. The highest BCUT2D eigenvalue weighted by Gasteiger charge is 2.60. The maximum absolute atomic E-state index is 11.3. The van der Waals surface area contributed by atoms with Crippen LogP contribution in [0.15, 0.2) is 12.7 Å². The molecular weight excluding hydrogens is 214 g/mol. The molecule has 1 heterocycles. The number of nitrogens with one attached hydrogen (secondary N) is 1.